The molecule has 0 unspecified atom stereocenters. The van der Waals surface area contributed by atoms with E-state index in [1.807, 2.05) is 32.0 Å². The van der Waals surface area contributed by atoms with E-state index in [-0.39, 0.29) is 30.8 Å². The smallest absolute Gasteiger partial charge is 0.243 e. The molecule has 0 spiro atoms. The van der Waals surface area contributed by atoms with Gasteiger partial charge < -0.3 is 15.1 Å². The average molecular weight is 335 g/mol. The lowest BCUT2D eigenvalue weighted by Gasteiger charge is -2.21. The maximum Gasteiger partial charge on any atom is 0.243 e. The first-order chi connectivity index (χ1) is 10.9. The number of nitrogens with one attached hydrogen (secondary N) is 1. The van der Waals surface area contributed by atoms with Crippen molar-refractivity contribution in [3.63, 3.8) is 0 Å². The Labute approximate surface area is 140 Å². The Morgan fingerprint density at radius 3 is 2.52 bits per heavy atom. The number of carbonyl (C=O) groups is 3. The van der Waals surface area contributed by atoms with Crippen molar-refractivity contribution < 1.29 is 14.4 Å². The van der Waals surface area contributed by atoms with Gasteiger partial charge in [0.25, 0.3) is 0 Å². The molecule has 7 heteroatoms. The molecule has 0 aliphatic carbocycles. The van der Waals surface area contributed by atoms with E-state index in [1.54, 1.807) is 7.05 Å². The number of thioether (sulfide) groups is 1. The Bertz CT molecular complexity index is 613. The quantitative estimate of drug-likeness (QED) is 0.879. The number of amides is 3. The van der Waals surface area contributed by atoms with Crippen molar-refractivity contribution in [2.45, 2.75) is 13.8 Å². The van der Waals surface area contributed by atoms with Crippen LogP contribution < -0.4 is 5.32 Å². The molecule has 1 aromatic carbocycles. The molecule has 1 aliphatic rings. The second-order valence-electron chi connectivity index (χ2n) is 5.63. The Balaban J connectivity index is 1.89. The highest BCUT2D eigenvalue weighted by Crippen LogP contribution is 2.19. The molecule has 2 rings (SSSR count). The van der Waals surface area contributed by atoms with Gasteiger partial charge >= 0.3 is 0 Å². The van der Waals surface area contributed by atoms with Crippen LogP contribution in [0.2, 0.25) is 0 Å². The molecule has 1 fully saturated rings. The molecule has 3 amide bonds. The lowest BCUT2D eigenvalue weighted by Crippen LogP contribution is -2.42. The third-order valence-corrected chi connectivity index (χ3v) is 4.65. The summed E-state index contributed by atoms with van der Waals surface area (Å²) in [5.41, 5.74) is 2.74. The van der Waals surface area contributed by atoms with E-state index in [4.69, 9.17) is 0 Å². The van der Waals surface area contributed by atoms with E-state index in [9.17, 15) is 14.4 Å². The number of nitrogens with zero attached hydrogens (tertiary/aromatic N) is 2. The molecule has 0 saturated carbocycles. The third kappa shape index (κ3) is 4.48. The van der Waals surface area contributed by atoms with Crippen molar-refractivity contribution in [3.05, 3.63) is 29.3 Å². The van der Waals surface area contributed by atoms with Crippen LogP contribution in [0.15, 0.2) is 18.2 Å². The topological polar surface area (TPSA) is 69.7 Å². The number of carbonyl (C=O) groups excluding carboxylic acids is 3. The van der Waals surface area contributed by atoms with Crippen LogP contribution in [0.1, 0.15) is 11.1 Å². The Morgan fingerprint density at radius 1 is 1.30 bits per heavy atom. The minimum absolute atomic E-state index is 0.0268. The second kappa shape index (κ2) is 7.50. The minimum atomic E-state index is -0.250. The number of aryl methyl sites for hydroxylation is 2. The van der Waals surface area contributed by atoms with Gasteiger partial charge in [0.2, 0.25) is 17.7 Å². The van der Waals surface area contributed by atoms with Gasteiger partial charge in [0.15, 0.2) is 0 Å². The first-order valence-corrected chi connectivity index (χ1v) is 8.49. The molecule has 1 saturated heterocycles. The summed E-state index contributed by atoms with van der Waals surface area (Å²) in [7, 11) is 1.57. The molecule has 0 bridgehead atoms. The highest BCUT2D eigenvalue weighted by atomic mass is 32.2. The van der Waals surface area contributed by atoms with Gasteiger partial charge in [-0.2, -0.15) is 0 Å². The van der Waals surface area contributed by atoms with E-state index in [2.05, 4.69) is 5.32 Å². The van der Waals surface area contributed by atoms with Crippen LogP contribution in [0.4, 0.5) is 5.69 Å². The summed E-state index contributed by atoms with van der Waals surface area (Å²) in [4.78, 5) is 38.6. The maximum absolute atomic E-state index is 12.1. The van der Waals surface area contributed by atoms with Crippen LogP contribution in [-0.2, 0) is 14.4 Å². The zero-order chi connectivity index (χ0) is 17.0. The van der Waals surface area contributed by atoms with Crippen LogP contribution in [0, 0.1) is 13.8 Å². The summed E-state index contributed by atoms with van der Waals surface area (Å²) in [6, 6.07) is 5.78. The number of benzene rings is 1. The zero-order valence-electron chi connectivity index (χ0n) is 13.6. The highest BCUT2D eigenvalue weighted by Gasteiger charge is 2.25. The van der Waals surface area contributed by atoms with Gasteiger partial charge in [0.1, 0.15) is 6.54 Å². The molecule has 1 heterocycles. The van der Waals surface area contributed by atoms with Crippen molar-refractivity contribution in [2.75, 3.05) is 37.1 Å². The van der Waals surface area contributed by atoms with E-state index in [1.165, 1.54) is 21.6 Å². The number of anilines is 1. The summed E-state index contributed by atoms with van der Waals surface area (Å²) in [6.07, 6.45) is 0. The molecular formula is C16H21N3O3S. The molecule has 0 atom stereocenters. The van der Waals surface area contributed by atoms with Gasteiger partial charge in [0.05, 0.1) is 18.2 Å². The van der Waals surface area contributed by atoms with Crippen molar-refractivity contribution in [3.8, 4) is 0 Å². The predicted octanol–water partition coefficient (Wildman–Crippen LogP) is 1.23. The molecule has 6 nitrogen and oxygen atoms in total. The number of hydrogen-bond donors (Lipinski definition) is 1. The third-order valence-electron chi connectivity index (χ3n) is 3.70. The largest absolute Gasteiger partial charge is 0.335 e. The van der Waals surface area contributed by atoms with Gasteiger partial charge in [-0.3, -0.25) is 14.4 Å². The molecule has 1 aliphatic heterocycles. The fraction of sp³-hybridized carbons (Fsp3) is 0.438. The SMILES string of the molecule is Cc1cccc(C)c1NC(=O)CN(C)C(=O)CN1CSCC1=O. The van der Waals surface area contributed by atoms with Gasteiger partial charge in [-0.05, 0) is 25.0 Å². The molecular weight excluding hydrogens is 314 g/mol. The van der Waals surface area contributed by atoms with Crippen LogP contribution >= 0.6 is 11.8 Å². The minimum Gasteiger partial charge on any atom is -0.335 e. The van der Waals surface area contributed by atoms with Crippen molar-refractivity contribution >= 4 is 35.2 Å². The fourth-order valence-corrected chi connectivity index (χ4v) is 3.22. The summed E-state index contributed by atoms with van der Waals surface area (Å²) in [5, 5.41) is 2.85. The van der Waals surface area contributed by atoms with Gasteiger partial charge in [-0.25, -0.2) is 0 Å². The van der Waals surface area contributed by atoms with E-state index in [0.29, 0.717) is 11.6 Å². The van der Waals surface area contributed by atoms with Crippen LogP contribution in [0.25, 0.3) is 0 Å². The average Bonchev–Trinajstić information content (AvgIpc) is 2.88. The van der Waals surface area contributed by atoms with Crippen molar-refractivity contribution in [1.29, 1.82) is 0 Å². The summed E-state index contributed by atoms with van der Waals surface area (Å²) in [6.45, 7) is 3.84. The second-order valence-corrected chi connectivity index (χ2v) is 6.59. The van der Waals surface area contributed by atoms with Gasteiger partial charge in [0, 0.05) is 12.7 Å². The van der Waals surface area contributed by atoms with E-state index < -0.39 is 0 Å². The first kappa shape index (κ1) is 17.3. The lowest BCUT2D eigenvalue weighted by molar-refractivity contribution is -0.138. The van der Waals surface area contributed by atoms with E-state index >= 15 is 0 Å². The number of rotatable bonds is 5. The maximum atomic E-state index is 12.1. The molecule has 0 aromatic heterocycles. The first-order valence-electron chi connectivity index (χ1n) is 7.34. The predicted molar refractivity (Wildman–Crippen MR) is 91.2 cm³/mol. The van der Waals surface area contributed by atoms with Gasteiger partial charge in [-0.15, -0.1) is 11.8 Å². The van der Waals surface area contributed by atoms with Crippen molar-refractivity contribution in [1.82, 2.24) is 9.80 Å². The van der Waals surface area contributed by atoms with Crippen molar-refractivity contribution in [2.24, 2.45) is 0 Å². The molecule has 1 aromatic rings. The standard InChI is InChI=1S/C16H21N3O3S/c1-11-5-4-6-12(2)16(11)17-13(20)7-18(3)14(21)8-19-10-23-9-15(19)22/h4-6H,7-10H2,1-3H3,(H,17,20). The number of likely N-dealkylation sites (N-methyl/N-ethyl adjacent to an activating group) is 1. The molecule has 1 N–H and O–H groups in total. The number of hydrogen-bond acceptors (Lipinski definition) is 4. The van der Waals surface area contributed by atoms with Gasteiger partial charge in [-0.1, -0.05) is 18.2 Å². The van der Waals surface area contributed by atoms with Crippen LogP contribution in [0.3, 0.4) is 0 Å². The van der Waals surface area contributed by atoms with E-state index in [0.717, 1.165) is 16.8 Å². The Kier molecular flexibility index (Phi) is 5.65. The monoisotopic (exact) mass is 335 g/mol. The molecule has 0 radical (unpaired) electrons. The Morgan fingerprint density at radius 2 is 1.96 bits per heavy atom. The Hall–Kier alpha value is -2.02. The molecule has 23 heavy (non-hydrogen) atoms. The summed E-state index contributed by atoms with van der Waals surface area (Å²) in [5.74, 6) is 0.437. The fourth-order valence-electron chi connectivity index (χ4n) is 2.32. The number of para-hydroxylation sites is 1. The van der Waals surface area contributed by atoms with Crippen LogP contribution in [0.5, 0.6) is 0 Å². The van der Waals surface area contributed by atoms with Crippen LogP contribution in [-0.4, -0.2) is 59.3 Å². The zero-order valence-corrected chi connectivity index (χ0v) is 14.4. The lowest BCUT2D eigenvalue weighted by atomic mass is 10.1. The molecule has 124 valence electrons. The summed E-state index contributed by atoms with van der Waals surface area (Å²) < 4.78 is 0. The highest BCUT2D eigenvalue weighted by molar-refractivity contribution is 8.00. The summed E-state index contributed by atoms with van der Waals surface area (Å²) >= 11 is 1.49. The normalized spacial score (nSPS) is 14.0.